The maximum absolute atomic E-state index is 13.6. The lowest BCUT2D eigenvalue weighted by Gasteiger charge is -2.16. The summed E-state index contributed by atoms with van der Waals surface area (Å²) < 4.78 is 39.7. The van der Waals surface area contributed by atoms with Crippen molar-refractivity contribution in [2.45, 2.75) is 25.7 Å². The molecule has 0 aliphatic carbocycles. The van der Waals surface area contributed by atoms with Crippen LogP contribution in [0.25, 0.3) is 0 Å². The largest absolute Gasteiger partial charge is 0.322 e. The molecule has 0 radical (unpaired) electrons. The van der Waals surface area contributed by atoms with Crippen LogP contribution in [0.5, 0.6) is 0 Å². The second-order valence-corrected chi connectivity index (χ2v) is 8.24. The summed E-state index contributed by atoms with van der Waals surface area (Å²) in [5, 5.41) is 2.59. The Morgan fingerprint density at radius 2 is 1.68 bits per heavy atom. The first-order valence-electron chi connectivity index (χ1n) is 7.65. The third kappa shape index (κ3) is 3.88. The van der Waals surface area contributed by atoms with Gasteiger partial charge in [-0.1, -0.05) is 6.07 Å². The van der Waals surface area contributed by atoms with Crippen molar-refractivity contribution in [3.63, 3.8) is 0 Å². The minimum atomic E-state index is -3.68. The summed E-state index contributed by atoms with van der Waals surface area (Å²) in [6, 6.07) is 7.34. The van der Waals surface area contributed by atoms with Gasteiger partial charge in [0.2, 0.25) is 10.0 Å². The lowest BCUT2D eigenvalue weighted by molar-refractivity contribution is 0.102. The number of carbonyl (C=O) groups is 1. The molecule has 0 aliphatic rings. The minimum Gasteiger partial charge on any atom is -0.322 e. The Bertz CT molecular complexity index is 938. The van der Waals surface area contributed by atoms with E-state index in [4.69, 9.17) is 0 Å². The third-order valence-corrected chi connectivity index (χ3v) is 6.01. The molecule has 0 aromatic heterocycles. The molecule has 2 aromatic carbocycles. The number of aryl methyl sites for hydroxylation is 2. The van der Waals surface area contributed by atoms with Gasteiger partial charge in [0.15, 0.2) is 0 Å². The fraction of sp³-hybridized carbons (Fsp3) is 0.278. The van der Waals surface area contributed by atoms with Crippen LogP contribution in [-0.4, -0.2) is 32.7 Å². The van der Waals surface area contributed by atoms with Crippen LogP contribution in [0.3, 0.4) is 0 Å². The van der Waals surface area contributed by atoms with E-state index in [9.17, 15) is 17.6 Å². The average molecular weight is 364 g/mol. The van der Waals surface area contributed by atoms with Gasteiger partial charge in [-0.25, -0.2) is 17.1 Å². The summed E-state index contributed by atoms with van der Waals surface area (Å²) >= 11 is 0. The molecule has 1 amide bonds. The summed E-state index contributed by atoms with van der Waals surface area (Å²) in [6.07, 6.45) is 0. The molecule has 0 unspecified atom stereocenters. The fourth-order valence-corrected chi connectivity index (χ4v) is 3.51. The fourth-order valence-electron chi connectivity index (χ4n) is 2.30. The number of halogens is 1. The van der Waals surface area contributed by atoms with Crippen LogP contribution < -0.4 is 5.32 Å². The van der Waals surface area contributed by atoms with Gasteiger partial charge in [-0.05, 0) is 61.7 Å². The summed E-state index contributed by atoms with van der Waals surface area (Å²) in [4.78, 5) is 12.6. The van der Waals surface area contributed by atoms with E-state index in [1.54, 1.807) is 39.0 Å². The molecule has 0 saturated heterocycles. The van der Waals surface area contributed by atoms with Crippen molar-refractivity contribution in [2.24, 2.45) is 0 Å². The number of anilines is 1. The molecule has 25 heavy (non-hydrogen) atoms. The highest BCUT2D eigenvalue weighted by molar-refractivity contribution is 7.89. The van der Waals surface area contributed by atoms with Crippen molar-refractivity contribution >= 4 is 21.6 Å². The van der Waals surface area contributed by atoms with Gasteiger partial charge in [0.05, 0.1) is 4.90 Å². The summed E-state index contributed by atoms with van der Waals surface area (Å²) in [6.45, 7) is 5.07. The number of benzene rings is 2. The molecule has 134 valence electrons. The van der Waals surface area contributed by atoms with Crippen molar-refractivity contribution in [1.29, 1.82) is 0 Å². The Balaban J connectivity index is 2.44. The van der Waals surface area contributed by atoms with Crippen molar-refractivity contribution in [2.75, 3.05) is 19.4 Å². The van der Waals surface area contributed by atoms with Gasteiger partial charge in [0.25, 0.3) is 5.91 Å². The van der Waals surface area contributed by atoms with E-state index in [1.807, 2.05) is 0 Å². The van der Waals surface area contributed by atoms with E-state index in [-0.39, 0.29) is 10.5 Å². The molecule has 0 spiro atoms. The van der Waals surface area contributed by atoms with Gasteiger partial charge in [-0.2, -0.15) is 0 Å². The molecule has 5 nitrogen and oxygen atoms in total. The number of nitrogens with one attached hydrogen (secondary N) is 1. The Morgan fingerprint density at radius 3 is 2.24 bits per heavy atom. The number of hydrogen-bond acceptors (Lipinski definition) is 3. The highest BCUT2D eigenvalue weighted by atomic mass is 32.2. The molecule has 2 rings (SSSR count). The van der Waals surface area contributed by atoms with Gasteiger partial charge in [-0.15, -0.1) is 0 Å². The van der Waals surface area contributed by atoms with E-state index in [1.165, 1.54) is 26.2 Å². The molecule has 0 saturated carbocycles. The van der Waals surface area contributed by atoms with Crippen LogP contribution in [0.15, 0.2) is 35.2 Å². The predicted molar refractivity (Wildman–Crippen MR) is 95.9 cm³/mol. The van der Waals surface area contributed by atoms with Crippen molar-refractivity contribution in [3.05, 3.63) is 58.4 Å². The normalized spacial score (nSPS) is 11.6. The zero-order valence-corrected chi connectivity index (χ0v) is 15.7. The van der Waals surface area contributed by atoms with E-state index in [0.29, 0.717) is 22.4 Å². The van der Waals surface area contributed by atoms with Crippen molar-refractivity contribution in [1.82, 2.24) is 4.31 Å². The first-order valence-corrected chi connectivity index (χ1v) is 9.09. The maximum atomic E-state index is 13.6. The molecule has 0 aliphatic heterocycles. The SMILES string of the molecule is Cc1ccc(NC(=O)c2cc(C)c(C)c(S(=O)(=O)N(C)C)c2)cc1F. The Kier molecular flexibility index (Phi) is 5.29. The van der Waals surface area contributed by atoms with E-state index < -0.39 is 21.7 Å². The molecule has 0 heterocycles. The third-order valence-electron chi connectivity index (χ3n) is 4.07. The number of amides is 1. The minimum absolute atomic E-state index is 0.0812. The first kappa shape index (κ1) is 19.1. The molecule has 2 aromatic rings. The van der Waals surface area contributed by atoms with Gasteiger partial charge in [0, 0.05) is 25.3 Å². The van der Waals surface area contributed by atoms with Gasteiger partial charge in [-0.3, -0.25) is 4.79 Å². The van der Waals surface area contributed by atoms with Crippen LogP contribution in [0, 0.1) is 26.6 Å². The lowest BCUT2D eigenvalue weighted by Crippen LogP contribution is -2.24. The smallest absolute Gasteiger partial charge is 0.255 e. The second kappa shape index (κ2) is 6.93. The molecular formula is C18H21FN2O3S. The van der Waals surface area contributed by atoms with Crippen LogP contribution in [0.2, 0.25) is 0 Å². The highest BCUT2D eigenvalue weighted by Gasteiger charge is 2.23. The highest BCUT2D eigenvalue weighted by Crippen LogP contribution is 2.24. The zero-order chi connectivity index (χ0) is 18.9. The monoisotopic (exact) mass is 364 g/mol. The Labute approximate surface area is 147 Å². The molecule has 0 atom stereocenters. The van der Waals surface area contributed by atoms with Crippen molar-refractivity contribution < 1.29 is 17.6 Å². The molecule has 1 N–H and O–H groups in total. The zero-order valence-electron chi connectivity index (χ0n) is 14.8. The molecule has 7 heteroatoms. The Morgan fingerprint density at radius 1 is 1.04 bits per heavy atom. The number of nitrogens with zero attached hydrogens (tertiary/aromatic N) is 1. The van der Waals surface area contributed by atoms with Crippen molar-refractivity contribution in [3.8, 4) is 0 Å². The van der Waals surface area contributed by atoms with Gasteiger partial charge >= 0.3 is 0 Å². The first-order chi connectivity index (χ1) is 11.5. The number of rotatable bonds is 4. The number of sulfonamides is 1. The van der Waals surface area contributed by atoms with Gasteiger partial charge < -0.3 is 5.32 Å². The van der Waals surface area contributed by atoms with Crippen LogP contribution in [0.1, 0.15) is 27.0 Å². The average Bonchev–Trinajstić information content (AvgIpc) is 2.52. The second-order valence-electron chi connectivity index (χ2n) is 6.12. The topological polar surface area (TPSA) is 66.5 Å². The van der Waals surface area contributed by atoms with Gasteiger partial charge in [0.1, 0.15) is 5.82 Å². The molecule has 0 bridgehead atoms. The Hall–Kier alpha value is -2.25. The summed E-state index contributed by atoms with van der Waals surface area (Å²) in [5.74, 6) is -0.921. The molecule has 0 fully saturated rings. The van der Waals surface area contributed by atoms with Crippen LogP contribution >= 0.6 is 0 Å². The standard InChI is InChI=1S/C18H21FN2O3S/c1-11-6-7-15(10-16(11)19)20-18(22)14-8-12(2)13(3)17(9-14)25(23,24)21(4)5/h6-10H,1-5H3,(H,20,22). The lowest BCUT2D eigenvalue weighted by atomic mass is 10.1. The van der Waals surface area contributed by atoms with E-state index >= 15 is 0 Å². The predicted octanol–water partition coefficient (Wildman–Crippen LogP) is 3.25. The quantitative estimate of drug-likeness (QED) is 0.906. The number of carbonyl (C=O) groups excluding carboxylic acids is 1. The van der Waals surface area contributed by atoms with Crippen LogP contribution in [0.4, 0.5) is 10.1 Å². The summed E-state index contributed by atoms with van der Waals surface area (Å²) in [7, 11) is -0.805. The maximum Gasteiger partial charge on any atom is 0.255 e. The molecular weight excluding hydrogens is 343 g/mol. The van der Waals surface area contributed by atoms with E-state index in [2.05, 4.69) is 5.32 Å². The van der Waals surface area contributed by atoms with Crippen LogP contribution in [-0.2, 0) is 10.0 Å². The summed E-state index contributed by atoms with van der Waals surface area (Å²) in [5.41, 5.74) is 2.26. The number of hydrogen-bond donors (Lipinski definition) is 1. The van der Waals surface area contributed by atoms with E-state index in [0.717, 1.165) is 4.31 Å².